The molecule has 0 atom stereocenters. The number of rotatable bonds is 8. The summed E-state index contributed by atoms with van der Waals surface area (Å²) in [4.78, 5) is 41.2. The van der Waals surface area contributed by atoms with Crippen LogP contribution in [0.1, 0.15) is 65.1 Å². The van der Waals surface area contributed by atoms with Gasteiger partial charge >= 0.3 is 0 Å². The molecular formula is C25H27Cl2N3O3. The number of nitrogens with zero attached hydrogens (tertiary/aromatic N) is 2. The van der Waals surface area contributed by atoms with Gasteiger partial charge in [-0.1, -0.05) is 61.7 Å². The molecule has 0 fully saturated rings. The average Bonchev–Trinajstić information content (AvgIpc) is 3.11. The Labute approximate surface area is 203 Å². The number of hydrogen-bond acceptors (Lipinski definition) is 3. The van der Waals surface area contributed by atoms with Crippen LogP contribution in [-0.4, -0.2) is 39.5 Å². The van der Waals surface area contributed by atoms with E-state index in [1.165, 1.54) is 15.6 Å². The highest BCUT2D eigenvalue weighted by Gasteiger charge is 2.27. The summed E-state index contributed by atoms with van der Waals surface area (Å²) in [6, 6.07) is 12.1. The van der Waals surface area contributed by atoms with Gasteiger partial charge in [-0.25, -0.2) is 4.68 Å². The van der Waals surface area contributed by atoms with Crippen molar-refractivity contribution in [2.45, 2.75) is 40.0 Å². The van der Waals surface area contributed by atoms with Crippen LogP contribution in [0, 0.1) is 6.92 Å². The Morgan fingerprint density at radius 2 is 1.76 bits per heavy atom. The average molecular weight is 488 g/mol. The van der Waals surface area contributed by atoms with Crippen LogP contribution in [0.5, 0.6) is 0 Å². The molecule has 0 radical (unpaired) electrons. The van der Waals surface area contributed by atoms with Crippen molar-refractivity contribution in [3.63, 3.8) is 0 Å². The number of nitrogens with one attached hydrogen (secondary N) is 1. The summed E-state index contributed by atoms with van der Waals surface area (Å²) < 4.78 is 1.38. The molecule has 33 heavy (non-hydrogen) atoms. The summed E-state index contributed by atoms with van der Waals surface area (Å²) in [5.41, 5.74) is 2.15. The monoisotopic (exact) mass is 487 g/mol. The highest BCUT2D eigenvalue weighted by Crippen LogP contribution is 2.23. The highest BCUT2D eigenvalue weighted by molar-refractivity contribution is 6.36. The van der Waals surface area contributed by atoms with E-state index in [1.807, 2.05) is 52.0 Å². The van der Waals surface area contributed by atoms with Gasteiger partial charge in [-0.2, -0.15) is 0 Å². The molecule has 8 heteroatoms. The lowest BCUT2D eigenvalue weighted by Gasteiger charge is -2.22. The SMILES string of the molecule is CCCN(CC(=O)c1c(C(C)C)[nH]n(-c2ccc(C)cc2)c1=O)C(=O)c1ccc(Cl)cc1Cl. The van der Waals surface area contributed by atoms with Crippen molar-refractivity contribution in [3.05, 3.63) is 85.2 Å². The number of aromatic nitrogens is 2. The lowest BCUT2D eigenvalue weighted by Crippen LogP contribution is -2.38. The van der Waals surface area contributed by atoms with Gasteiger partial charge in [-0.05, 0) is 49.6 Å². The standard InChI is InChI=1S/C25H27Cl2N3O3/c1-5-12-29(24(32)19-11-8-17(26)13-20(19)27)14-21(31)22-23(15(2)3)28-30(25(22)33)18-9-6-16(4)7-10-18/h6-11,13,15,28H,5,12,14H2,1-4H3. The van der Waals surface area contributed by atoms with Crippen molar-refractivity contribution < 1.29 is 9.59 Å². The minimum absolute atomic E-state index is 0.0710. The van der Waals surface area contributed by atoms with E-state index < -0.39 is 11.3 Å². The molecule has 0 saturated heterocycles. The van der Waals surface area contributed by atoms with Crippen molar-refractivity contribution in [2.24, 2.45) is 0 Å². The smallest absolute Gasteiger partial charge is 0.282 e. The van der Waals surface area contributed by atoms with Gasteiger partial charge in [-0.15, -0.1) is 0 Å². The van der Waals surface area contributed by atoms with Gasteiger partial charge < -0.3 is 4.90 Å². The lowest BCUT2D eigenvalue weighted by atomic mass is 10.0. The van der Waals surface area contributed by atoms with Crippen LogP contribution in [0.25, 0.3) is 5.69 Å². The summed E-state index contributed by atoms with van der Waals surface area (Å²) in [5.74, 6) is -0.894. The van der Waals surface area contributed by atoms with Crippen LogP contribution in [-0.2, 0) is 0 Å². The van der Waals surface area contributed by atoms with E-state index in [4.69, 9.17) is 23.2 Å². The molecular weight excluding hydrogens is 461 g/mol. The Balaban J connectivity index is 1.98. The number of carbonyl (C=O) groups excluding carboxylic acids is 2. The molecule has 1 aromatic heterocycles. The van der Waals surface area contributed by atoms with E-state index in [1.54, 1.807) is 12.1 Å². The molecule has 0 spiro atoms. The van der Waals surface area contributed by atoms with Gasteiger partial charge in [-0.3, -0.25) is 19.5 Å². The van der Waals surface area contributed by atoms with E-state index in [9.17, 15) is 14.4 Å². The third kappa shape index (κ3) is 5.40. The fraction of sp³-hybridized carbons (Fsp3) is 0.320. The van der Waals surface area contributed by atoms with Crippen LogP contribution in [0.4, 0.5) is 0 Å². The zero-order chi connectivity index (χ0) is 24.3. The fourth-order valence-electron chi connectivity index (χ4n) is 3.63. The van der Waals surface area contributed by atoms with Crippen molar-refractivity contribution in [1.82, 2.24) is 14.7 Å². The number of H-pyrrole nitrogens is 1. The molecule has 2 aromatic carbocycles. The Bertz CT molecular complexity index is 1230. The van der Waals surface area contributed by atoms with Gasteiger partial charge in [0.25, 0.3) is 11.5 Å². The second-order valence-corrected chi connectivity index (χ2v) is 9.15. The minimum Gasteiger partial charge on any atom is -0.331 e. The maximum absolute atomic E-state index is 13.4. The van der Waals surface area contributed by atoms with E-state index in [0.717, 1.165) is 5.56 Å². The second-order valence-electron chi connectivity index (χ2n) is 8.31. The molecule has 174 valence electrons. The first kappa shape index (κ1) is 24.8. The van der Waals surface area contributed by atoms with E-state index >= 15 is 0 Å². The topological polar surface area (TPSA) is 75.2 Å². The largest absolute Gasteiger partial charge is 0.331 e. The number of aryl methyl sites for hydroxylation is 1. The molecule has 0 saturated carbocycles. The molecule has 1 N–H and O–H groups in total. The molecule has 1 heterocycles. The number of amides is 1. The Morgan fingerprint density at radius 3 is 2.33 bits per heavy atom. The third-order valence-electron chi connectivity index (χ3n) is 5.34. The number of Topliss-reactive ketones (excluding diaryl/α,β-unsaturated/α-hetero) is 1. The molecule has 0 aliphatic heterocycles. The molecule has 0 bridgehead atoms. The molecule has 6 nitrogen and oxygen atoms in total. The van der Waals surface area contributed by atoms with Gasteiger partial charge in [0.05, 0.1) is 28.5 Å². The van der Waals surface area contributed by atoms with Gasteiger partial charge in [0.1, 0.15) is 5.56 Å². The van der Waals surface area contributed by atoms with Crippen molar-refractivity contribution in [2.75, 3.05) is 13.1 Å². The molecule has 1 amide bonds. The molecule has 3 rings (SSSR count). The Kier molecular flexibility index (Phi) is 7.82. The van der Waals surface area contributed by atoms with E-state index in [2.05, 4.69) is 5.10 Å². The molecule has 0 aliphatic rings. The zero-order valence-corrected chi connectivity index (χ0v) is 20.6. The first-order valence-corrected chi connectivity index (χ1v) is 11.6. The number of hydrogen-bond donors (Lipinski definition) is 1. The van der Waals surface area contributed by atoms with Gasteiger partial charge in [0, 0.05) is 11.6 Å². The first-order valence-electron chi connectivity index (χ1n) is 10.8. The quantitative estimate of drug-likeness (QED) is 0.417. The van der Waals surface area contributed by atoms with E-state index in [-0.39, 0.29) is 34.5 Å². The number of carbonyl (C=O) groups is 2. The summed E-state index contributed by atoms with van der Waals surface area (Å²) in [6.07, 6.45) is 0.641. The Hall–Kier alpha value is -2.83. The third-order valence-corrected chi connectivity index (χ3v) is 5.89. The number of aromatic amines is 1. The summed E-state index contributed by atoms with van der Waals surface area (Å²) >= 11 is 12.2. The van der Waals surface area contributed by atoms with E-state index in [0.29, 0.717) is 29.4 Å². The fourth-order valence-corrected chi connectivity index (χ4v) is 4.11. The predicted octanol–water partition coefficient (Wildman–Crippen LogP) is 5.64. The van der Waals surface area contributed by atoms with Crippen LogP contribution in [0.2, 0.25) is 10.0 Å². The maximum Gasteiger partial charge on any atom is 0.282 e. The highest BCUT2D eigenvalue weighted by atomic mass is 35.5. The first-order chi connectivity index (χ1) is 15.6. The molecule has 0 aliphatic carbocycles. The van der Waals surface area contributed by atoms with Crippen LogP contribution >= 0.6 is 23.2 Å². The summed E-state index contributed by atoms with van der Waals surface area (Å²) in [6.45, 7) is 7.80. The zero-order valence-electron chi connectivity index (χ0n) is 19.1. The maximum atomic E-state index is 13.4. The predicted molar refractivity (Wildman–Crippen MR) is 132 cm³/mol. The normalized spacial score (nSPS) is 11.1. The second kappa shape index (κ2) is 10.4. The minimum atomic E-state index is -0.430. The molecule has 3 aromatic rings. The summed E-state index contributed by atoms with van der Waals surface area (Å²) in [5, 5.41) is 3.72. The van der Waals surface area contributed by atoms with Gasteiger partial charge in [0.15, 0.2) is 5.78 Å². The van der Waals surface area contributed by atoms with Crippen molar-refractivity contribution >= 4 is 34.9 Å². The van der Waals surface area contributed by atoms with Crippen molar-refractivity contribution in [1.29, 1.82) is 0 Å². The number of halogens is 2. The Morgan fingerprint density at radius 1 is 1.09 bits per heavy atom. The van der Waals surface area contributed by atoms with Gasteiger partial charge in [0.2, 0.25) is 0 Å². The van der Waals surface area contributed by atoms with Crippen LogP contribution in [0.3, 0.4) is 0 Å². The number of benzene rings is 2. The number of ketones is 1. The van der Waals surface area contributed by atoms with Crippen molar-refractivity contribution in [3.8, 4) is 5.69 Å². The lowest BCUT2D eigenvalue weighted by molar-refractivity contribution is 0.0709. The van der Waals surface area contributed by atoms with Crippen LogP contribution in [0.15, 0.2) is 47.3 Å². The summed E-state index contributed by atoms with van der Waals surface area (Å²) in [7, 11) is 0. The van der Waals surface area contributed by atoms with Crippen LogP contribution < -0.4 is 5.56 Å². The molecule has 0 unspecified atom stereocenters.